The molecule has 1 N–H and O–H groups in total. The number of alkyl halides is 6. The number of aromatic amines is 1. The average molecular weight is 462 g/mol. The molecule has 10 heteroatoms. The van der Waals surface area contributed by atoms with Gasteiger partial charge in [-0.2, -0.15) is 31.4 Å². The van der Waals surface area contributed by atoms with Gasteiger partial charge in [0.1, 0.15) is 0 Å². The molecular weight excluding hydrogens is 450 g/mol. The molecule has 0 saturated carbocycles. The van der Waals surface area contributed by atoms with Gasteiger partial charge in [-0.1, -0.05) is 60.7 Å². The minimum atomic E-state index is -5.39. The Morgan fingerprint density at radius 3 is 1.61 bits per heavy atom. The first-order chi connectivity index (χ1) is 15.5. The Morgan fingerprint density at radius 2 is 1.12 bits per heavy atom. The molecule has 0 aromatic heterocycles. The smallest absolute Gasteiger partial charge is 0.284 e. The molecule has 1 aliphatic carbocycles. The number of hydrogen-bond acceptors (Lipinski definition) is 3. The highest BCUT2D eigenvalue weighted by Crippen LogP contribution is 2.46. The van der Waals surface area contributed by atoms with Gasteiger partial charge in [0.05, 0.1) is 11.4 Å². The zero-order valence-electron chi connectivity index (χ0n) is 16.4. The van der Waals surface area contributed by atoms with Gasteiger partial charge in [0.25, 0.3) is 11.6 Å². The summed E-state index contributed by atoms with van der Waals surface area (Å²) in [6, 6.07) is 15.7. The molecule has 0 atom stereocenters. The molecule has 0 amide bonds. The molecule has 1 heterocycles. The van der Waals surface area contributed by atoms with Crippen LogP contribution in [-0.2, 0) is 0 Å². The third-order valence-electron chi connectivity index (χ3n) is 4.96. The molecule has 2 aromatic carbocycles. The fourth-order valence-corrected chi connectivity index (χ4v) is 3.57. The van der Waals surface area contributed by atoms with Crippen molar-refractivity contribution in [3.63, 3.8) is 0 Å². The lowest BCUT2D eigenvalue weighted by atomic mass is 9.92. The van der Waals surface area contributed by atoms with E-state index in [1.54, 1.807) is 36.4 Å². The fourth-order valence-electron chi connectivity index (χ4n) is 3.57. The molecule has 168 valence electrons. The first kappa shape index (κ1) is 22.3. The zero-order chi connectivity index (χ0) is 24.0. The standard InChI is InChI=1S/C23H12F6N2O2/c24-22(25,26)20(32)14-11-15(21(33)23(27,28)29)17-16(14)18(12-7-3-1-4-8-12)30-31-19(17)13-9-5-2-6-10-13/h1-11,30H. The van der Waals surface area contributed by atoms with E-state index in [-0.39, 0.29) is 22.5 Å². The van der Waals surface area contributed by atoms with E-state index in [1.807, 2.05) is 0 Å². The van der Waals surface area contributed by atoms with Crippen LogP contribution in [0.15, 0.2) is 66.7 Å². The van der Waals surface area contributed by atoms with Crippen molar-refractivity contribution in [1.29, 1.82) is 0 Å². The first-order valence-corrected chi connectivity index (χ1v) is 9.39. The Balaban J connectivity index is 2.14. The summed E-state index contributed by atoms with van der Waals surface area (Å²) in [5.74, 6) is -4.75. The molecule has 4 nitrogen and oxygen atoms in total. The van der Waals surface area contributed by atoms with E-state index >= 15 is 0 Å². The number of fused-ring (bicyclic) bond motifs is 1. The molecule has 0 saturated heterocycles. The number of halogens is 6. The van der Waals surface area contributed by atoms with E-state index < -0.39 is 46.2 Å². The molecule has 2 aliphatic rings. The summed E-state index contributed by atoms with van der Waals surface area (Å²) >= 11 is 0. The van der Waals surface area contributed by atoms with E-state index in [2.05, 4.69) is 10.2 Å². The molecule has 0 unspecified atom stereocenters. The molecule has 0 radical (unpaired) electrons. The van der Waals surface area contributed by atoms with Gasteiger partial charge >= 0.3 is 12.4 Å². The topological polar surface area (TPSA) is 62.8 Å². The van der Waals surface area contributed by atoms with Crippen molar-refractivity contribution in [2.75, 3.05) is 0 Å². The summed E-state index contributed by atoms with van der Waals surface area (Å²) in [6.07, 6.45) is -10.8. The van der Waals surface area contributed by atoms with Crippen LogP contribution in [0.3, 0.4) is 0 Å². The molecular formula is C23H12F6N2O2. The van der Waals surface area contributed by atoms with Crippen LogP contribution in [-0.4, -0.2) is 34.1 Å². The van der Waals surface area contributed by atoms with Crippen LogP contribution in [0.1, 0.15) is 20.7 Å². The summed E-state index contributed by atoms with van der Waals surface area (Å²) in [6.45, 7) is 0. The maximum atomic E-state index is 13.4. The Labute approximate surface area is 182 Å². The monoisotopic (exact) mass is 462 g/mol. The first-order valence-electron chi connectivity index (χ1n) is 9.39. The number of rotatable bonds is 4. The summed E-state index contributed by atoms with van der Waals surface area (Å²) in [5.41, 5.74) is -2.92. The predicted molar refractivity (Wildman–Crippen MR) is 107 cm³/mol. The van der Waals surface area contributed by atoms with E-state index in [0.717, 1.165) is 0 Å². The van der Waals surface area contributed by atoms with Gasteiger partial charge in [0, 0.05) is 33.4 Å². The number of hydrogen-bond donors (Lipinski definition) is 1. The quantitative estimate of drug-likeness (QED) is 0.284. The fraction of sp³-hybridized carbons (Fsp3) is 0.0870. The molecule has 0 bridgehead atoms. The van der Waals surface area contributed by atoms with Crippen molar-refractivity contribution in [3.05, 3.63) is 77.9 Å². The Morgan fingerprint density at radius 1 is 0.667 bits per heavy atom. The normalized spacial score (nSPS) is 12.2. The van der Waals surface area contributed by atoms with Crippen molar-refractivity contribution >= 4 is 11.6 Å². The van der Waals surface area contributed by atoms with Gasteiger partial charge < -0.3 is 0 Å². The Bertz CT molecular complexity index is 1210. The zero-order valence-corrected chi connectivity index (χ0v) is 16.4. The Kier molecular flexibility index (Phi) is 5.31. The Hall–Kier alpha value is -3.95. The van der Waals surface area contributed by atoms with Crippen LogP contribution < -0.4 is 0 Å². The number of carbonyl (C=O) groups excluding carboxylic acids is 2. The average Bonchev–Trinajstić information content (AvgIpc) is 3.17. The predicted octanol–water partition coefficient (Wildman–Crippen LogP) is 6.34. The van der Waals surface area contributed by atoms with E-state index in [1.165, 1.54) is 24.3 Å². The van der Waals surface area contributed by atoms with Crippen molar-refractivity contribution in [3.8, 4) is 33.6 Å². The summed E-state index contributed by atoms with van der Waals surface area (Å²) < 4.78 is 80.3. The second kappa shape index (κ2) is 7.88. The van der Waals surface area contributed by atoms with Gasteiger partial charge in [-0.05, 0) is 6.07 Å². The van der Waals surface area contributed by atoms with Gasteiger partial charge in [-0.3, -0.25) is 14.7 Å². The third-order valence-corrected chi connectivity index (χ3v) is 4.96. The lowest BCUT2D eigenvalue weighted by molar-refractivity contribution is -0.0885. The highest BCUT2D eigenvalue weighted by molar-refractivity contribution is 6.18. The molecule has 2 aromatic rings. The number of carbonyl (C=O) groups is 2. The van der Waals surface area contributed by atoms with Crippen LogP contribution in [0.2, 0.25) is 0 Å². The number of H-pyrrole nitrogens is 1. The van der Waals surface area contributed by atoms with Gasteiger partial charge in [-0.15, -0.1) is 0 Å². The van der Waals surface area contributed by atoms with E-state index in [9.17, 15) is 35.9 Å². The number of ketones is 2. The van der Waals surface area contributed by atoms with Crippen molar-refractivity contribution in [2.24, 2.45) is 0 Å². The number of nitrogens with one attached hydrogen (secondary N) is 1. The van der Waals surface area contributed by atoms with Crippen LogP contribution in [0.25, 0.3) is 33.6 Å². The lowest BCUT2D eigenvalue weighted by Gasteiger charge is -2.17. The van der Waals surface area contributed by atoms with Crippen molar-refractivity contribution in [1.82, 2.24) is 10.2 Å². The maximum absolute atomic E-state index is 13.4. The van der Waals surface area contributed by atoms with Crippen LogP contribution in [0, 0.1) is 0 Å². The maximum Gasteiger partial charge on any atom is 0.454 e. The highest BCUT2D eigenvalue weighted by atomic mass is 19.4. The summed E-state index contributed by atoms with van der Waals surface area (Å²) in [5, 5.41) is 6.65. The second-order valence-corrected chi connectivity index (χ2v) is 7.05. The summed E-state index contributed by atoms with van der Waals surface area (Å²) in [7, 11) is 0. The molecule has 4 rings (SSSR count). The molecule has 33 heavy (non-hydrogen) atoms. The van der Waals surface area contributed by atoms with Gasteiger partial charge in [0.2, 0.25) is 0 Å². The van der Waals surface area contributed by atoms with Gasteiger partial charge in [-0.25, -0.2) is 0 Å². The summed E-state index contributed by atoms with van der Waals surface area (Å²) in [4.78, 5) is 24.5. The number of Topliss-reactive ketones (excluding diaryl/α,β-unsaturated/α-hetero) is 2. The van der Waals surface area contributed by atoms with E-state index in [0.29, 0.717) is 6.07 Å². The van der Waals surface area contributed by atoms with Gasteiger partial charge in [0.15, 0.2) is 0 Å². The largest absolute Gasteiger partial charge is 0.454 e. The van der Waals surface area contributed by atoms with Crippen LogP contribution in [0.4, 0.5) is 26.3 Å². The van der Waals surface area contributed by atoms with Crippen LogP contribution >= 0.6 is 0 Å². The molecule has 1 aliphatic heterocycles. The SMILES string of the molecule is O=C(c1cc(C(=O)C(F)(F)F)c2c(-c3ccccc3)[nH]nc(-c3ccccc3)c1-2)C(F)(F)F. The van der Waals surface area contributed by atoms with E-state index in [4.69, 9.17) is 0 Å². The number of nitrogens with zero attached hydrogens (tertiary/aromatic N) is 1. The minimum Gasteiger partial charge on any atom is -0.284 e. The highest BCUT2D eigenvalue weighted by Gasteiger charge is 2.47. The minimum absolute atomic E-state index is 0.126. The molecule has 0 fully saturated rings. The lowest BCUT2D eigenvalue weighted by Crippen LogP contribution is -2.23. The van der Waals surface area contributed by atoms with Crippen molar-refractivity contribution in [2.45, 2.75) is 12.4 Å². The second-order valence-electron chi connectivity index (χ2n) is 7.05. The van der Waals surface area contributed by atoms with Crippen LogP contribution in [0.5, 0.6) is 0 Å². The number of aromatic nitrogens is 2. The third kappa shape index (κ3) is 3.99. The van der Waals surface area contributed by atoms with Crippen molar-refractivity contribution < 1.29 is 35.9 Å². The number of benzene rings is 2. The molecule has 0 spiro atoms.